The maximum absolute atomic E-state index is 14.8. The van der Waals surface area contributed by atoms with Crippen molar-refractivity contribution in [3.05, 3.63) is 54.1 Å². The van der Waals surface area contributed by atoms with Crippen LogP contribution in [0.3, 0.4) is 0 Å². The van der Waals surface area contributed by atoms with E-state index in [1.165, 1.54) is 15.8 Å². The van der Waals surface area contributed by atoms with E-state index < -0.39 is 65.3 Å². The highest BCUT2D eigenvalue weighted by Crippen LogP contribution is 2.34. The van der Waals surface area contributed by atoms with Crippen LogP contribution >= 0.6 is 0 Å². The van der Waals surface area contributed by atoms with Crippen molar-refractivity contribution in [3.8, 4) is 0 Å². The number of nitrogens with two attached hydrogens (primary N) is 1. The summed E-state index contributed by atoms with van der Waals surface area (Å²) in [6, 6.07) is 2.93. The molecule has 4 atom stereocenters. The van der Waals surface area contributed by atoms with Crippen molar-refractivity contribution in [2.45, 2.75) is 108 Å². The Bertz CT molecular complexity index is 1850. The fourth-order valence-corrected chi connectivity index (χ4v) is 7.54. The number of unbranched alkanes of at least 4 members (excludes halogenated alkanes) is 1. The van der Waals surface area contributed by atoms with Crippen molar-refractivity contribution in [1.29, 1.82) is 0 Å². The topological polar surface area (TPSA) is 252 Å². The van der Waals surface area contributed by atoms with E-state index in [1.807, 2.05) is 6.07 Å². The Morgan fingerprint density at radius 3 is 2.46 bits per heavy atom. The second kappa shape index (κ2) is 17.6. The third kappa shape index (κ3) is 9.75. The van der Waals surface area contributed by atoms with Crippen molar-refractivity contribution in [1.82, 2.24) is 40.8 Å². The minimum absolute atomic E-state index is 0.00884. The molecule has 2 unspecified atom stereocenters. The first-order valence-electron chi connectivity index (χ1n) is 18.4. The fourth-order valence-electron chi connectivity index (χ4n) is 7.54. The summed E-state index contributed by atoms with van der Waals surface area (Å²) in [6.45, 7) is 3.19. The molecule has 1 aliphatic heterocycles. The molecule has 3 heterocycles. The lowest BCUT2D eigenvalue weighted by atomic mass is 9.84. The van der Waals surface area contributed by atoms with Crippen molar-refractivity contribution in [2.24, 2.45) is 11.7 Å². The third-order valence-electron chi connectivity index (χ3n) is 10.3. The largest absolute Gasteiger partial charge is 0.465 e. The highest BCUT2D eigenvalue weighted by Gasteiger charge is 2.45. The summed E-state index contributed by atoms with van der Waals surface area (Å²) in [5.41, 5.74) is 4.67. The SMILES string of the molecule is CC(C)(O)c1cnnn1[C@H]1C[C@@H](C(=O)NC(CCCCNC(=O)O)C(=O)C(N)=O)N(C(=O)C(CC2CCCCC2)NC(=O)c2cccc3ccncc23)C1. The van der Waals surface area contributed by atoms with Crippen LogP contribution in [0, 0.1) is 5.92 Å². The van der Waals surface area contributed by atoms with Crippen LogP contribution in [0.2, 0.25) is 0 Å². The van der Waals surface area contributed by atoms with Crippen LogP contribution in [0.15, 0.2) is 42.9 Å². The Balaban J connectivity index is 1.45. The van der Waals surface area contributed by atoms with Crippen molar-refractivity contribution in [3.63, 3.8) is 0 Å². The maximum atomic E-state index is 14.8. The summed E-state index contributed by atoms with van der Waals surface area (Å²) in [6.07, 6.45) is 9.23. The number of Topliss-reactive ketones (excluding diaryl/α,β-unsaturated/α-hetero) is 1. The predicted molar refractivity (Wildman–Crippen MR) is 195 cm³/mol. The molecule has 5 rings (SSSR count). The molecule has 2 aliphatic rings. The van der Waals surface area contributed by atoms with Gasteiger partial charge in [0.2, 0.25) is 17.6 Å². The van der Waals surface area contributed by atoms with Crippen LogP contribution in [-0.2, 0) is 24.8 Å². The van der Waals surface area contributed by atoms with E-state index in [1.54, 1.807) is 44.4 Å². The highest BCUT2D eigenvalue weighted by atomic mass is 16.4. The molecule has 1 saturated carbocycles. The monoisotopic (exact) mass is 747 g/mol. The third-order valence-corrected chi connectivity index (χ3v) is 10.3. The number of amides is 5. The minimum Gasteiger partial charge on any atom is -0.465 e. The smallest absolute Gasteiger partial charge is 0.404 e. The van der Waals surface area contributed by atoms with Gasteiger partial charge < -0.3 is 36.8 Å². The summed E-state index contributed by atoms with van der Waals surface area (Å²) in [7, 11) is 0. The first-order chi connectivity index (χ1) is 25.7. The molecule has 1 aliphatic carbocycles. The first kappa shape index (κ1) is 39.8. The van der Waals surface area contributed by atoms with E-state index >= 15 is 0 Å². The van der Waals surface area contributed by atoms with Gasteiger partial charge in [-0.2, -0.15) is 0 Å². The van der Waals surface area contributed by atoms with Crippen LogP contribution in [0.4, 0.5) is 4.79 Å². The summed E-state index contributed by atoms with van der Waals surface area (Å²) >= 11 is 0. The molecule has 17 heteroatoms. The number of fused-ring (bicyclic) bond motifs is 1. The van der Waals surface area contributed by atoms with Crippen LogP contribution in [0.25, 0.3) is 10.8 Å². The number of aliphatic hydroxyl groups is 1. The number of carbonyl (C=O) groups is 6. The van der Waals surface area contributed by atoms with Gasteiger partial charge >= 0.3 is 6.09 Å². The van der Waals surface area contributed by atoms with Gasteiger partial charge in [0.05, 0.1) is 24.0 Å². The maximum Gasteiger partial charge on any atom is 0.404 e. The Morgan fingerprint density at radius 1 is 1.00 bits per heavy atom. The molecule has 0 spiro atoms. The van der Waals surface area contributed by atoms with Gasteiger partial charge in [-0.05, 0) is 63.0 Å². The number of hydrogen-bond donors (Lipinski definition) is 6. The second-order valence-corrected chi connectivity index (χ2v) is 14.7. The molecule has 2 aromatic heterocycles. The van der Waals surface area contributed by atoms with Crippen LogP contribution in [-0.4, -0.2) is 102 Å². The van der Waals surface area contributed by atoms with Gasteiger partial charge in [0.25, 0.3) is 11.8 Å². The standard InChI is InChI=1S/C37H49N9O8/c1-37(2,54)30-20-41-44-46(30)24-18-29(34(50)42-27(31(47)32(38)48)13-6-7-15-40-36(52)53)45(21-24)35(51)28(17-22-9-4-3-5-10-22)43-33(49)25-12-8-11-23-14-16-39-19-26(23)25/h8,11-12,14,16,19-20,22,24,27-29,40,54H,3-7,9-10,13,15,17-18,21H2,1-2H3,(H2,38,48)(H,42,50)(H,43,49)(H,52,53)/t24-,27?,28?,29-/m0/s1. The molecule has 3 aromatic rings. The van der Waals surface area contributed by atoms with Gasteiger partial charge in [0.15, 0.2) is 0 Å². The Morgan fingerprint density at radius 2 is 1.76 bits per heavy atom. The van der Waals surface area contributed by atoms with E-state index in [0.717, 1.165) is 37.5 Å². The summed E-state index contributed by atoms with van der Waals surface area (Å²) < 4.78 is 1.48. The molecule has 7 N–H and O–H groups in total. The molecule has 0 bridgehead atoms. The first-order valence-corrected chi connectivity index (χ1v) is 18.4. The number of aromatic nitrogens is 4. The van der Waals surface area contributed by atoms with Crippen molar-refractivity contribution in [2.75, 3.05) is 13.1 Å². The lowest BCUT2D eigenvalue weighted by Crippen LogP contribution is -2.56. The van der Waals surface area contributed by atoms with E-state index in [-0.39, 0.29) is 38.3 Å². The Hall–Kier alpha value is -5.45. The number of pyridine rings is 1. The highest BCUT2D eigenvalue weighted by molar-refractivity contribution is 6.37. The number of ketones is 1. The van der Waals surface area contributed by atoms with Crippen LogP contribution in [0.1, 0.15) is 100 Å². The zero-order valence-electron chi connectivity index (χ0n) is 30.6. The van der Waals surface area contributed by atoms with Crippen molar-refractivity contribution >= 4 is 46.3 Å². The number of likely N-dealkylation sites (tertiary alicyclic amines) is 1. The molecular formula is C37H49N9O8. The molecule has 1 saturated heterocycles. The van der Waals surface area contributed by atoms with E-state index in [4.69, 9.17) is 10.8 Å². The average molecular weight is 748 g/mol. The number of carboxylic acid groups (broad SMARTS) is 1. The zero-order chi connectivity index (χ0) is 39.0. The minimum atomic E-state index is -1.36. The number of hydrogen-bond acceptors (Lipinski definition) is 10. The van der Waals surface area contributed by atoms with Crippen LogP contribution in [0.5, 0.6) is 0 Å². The van der Waals surface area contributed by atoms with E-state index in [2.05, 4.69) is 31.2 Å². The molecule has 290 valence electrons. The van der Waals surface area contributed by atoms with Gasteiger partial charge in [-0.25, -0.2) is 9.48 Å². The second-order valence-electron chi connectivity index (χ2n) is 14.7. The number of carbonyl (C=O) groups excluding carboxylic acids is 5. The molecule has 5 amide bonds. The van der Waals surface area contributed by atoms with Gasteiger partial charge in [0.1, 0.15) is 17.7 Å². The molecule has 2 fully saturated rings. The molecule has 1 aromatic carbocycles. The number of primary amides is 1. The lowest BCUT2D eigenvalue weighted by Gasteiger charge is -2.32. The lowest BCUT2D eigenvalue weighted by molar-refractivity contribution is -0.142. The average Bonchev–Trinajstić information content (AvgIpc) is 3.82. The van der Waals surface area contributed by atoms with E-state index in [9.17, 15) is 33.9 Å². The van der Waals surface area contributed by atoms with Gasteiger partial charge in [-0.1, -0.05) is 49.5 Å². The summed E-state index contributed by atoms with van der Waals surface area (Å²) in [4.78, 5) is 84.2. The number of nitrogens with zero attached hydrogens (tertiary/aromatic N) is 5. The van der Waals surface area contributed by atoms with Gasteiger partial charge in [-0.3, -0.25) is 29.0 Å². The van der Waals surface area contributed by atoms with Crippen molar-refractivity contribution < 1.29 is 39.0 Å². The van der Waals surface area contributed by atoms with E-state index in [0.29, 0.717) is 29.5 Å². The number of benzene rings is 1. The quantitative estimate of drug-likeness (QED) is 0.0912. The normalized spacial score (nSPS) is 18.8. The predicted octanol–water partition coefficient (Wildman–Crippen LogP) is 1.94. The fraction of sp³-hybridized carbons (Fsp3) is 0.541. The Labute approximate surface area is 312 Å². The summed E-state index contributed by atoms with van der Waals surface area (Å²) in [5, 5.41) is 37.2. The van der Waals surface area contributed by atoms with Crippen LogP contribution < -0.4 is 21.7 Å². The van der Waals surface area contributed by atoms with Gasteiger partial charge in [-0.15, -0.1) is 5.10 Å². The molecule has 54 heavy (non-hydrogen) atoms. The molecular weight excluding hydrogens is 698 g/mol. The number of rotatable bonds is 16. The van der Waals surface area contributed by atoms with Gasteiger partial charge in [0, 0.05) is 42.9 Å². The summed E-state index contributed by atoms with van der Waals surface area (Å²) in [5.74, 6) is -3.82. The molecule has 17 nitrogen and oxygen atoms in total. The number of nitrogens with one attached hydrogen (secondary N) is 3. The zero-order valence-corrected chi connectivity index (χ0v) is 30.6. The molecule has 0 radical (unpaired) electrons. The Kier molecular flexibility index (Phi) is 12.9.